The topological polar surface area (TPSA) is 88.1 Å². The second kappa shape index (κ2) is 5.73. The number of nitrogens with zero attached hydrogens (tertiary/aromatic N) is 4. The van der Waals surface area contributed by atoms with Gasteiger partial charge >= 0.3 is 0 Å². The SMILES string of the molecule is Nc1ccc(-c2nc3cccnc3n2-c2ccc3c(c2)OCCO3)cn1. The maximum atomic E-state index is 5.73. The van der Waals surface area contributed by atoms with Crippen LogP contribution in [0.25, 0.3) is 28.2 Å². The smallest absolute Gasteiger partial charge is 0.164 e. The van der Waals surface area contributed by atoms with E-state index in [1.165, 1.54) is 0 Å². The molecular weight excluding hydrogens is 330 g/mol. The maximum Gasteiger partial charge on any atom is 0.164 e. The Morgan fingerprint density at radius 1 is 0.962 bits per heavy atom. The molecule has 0 atom stereocenters. The van der Waals surface area contributed by atoms with Crippen molar-refractivity contribution in [1.29, 1.82) is 0 Å². The van der Waals surface area contributed by atoms with E-state index in [4.69, 9.17) is 20.2 Å². The van der Waals surface area contributed by atoms with E-state index >= 15 is 0 Å². The van der Waals surface area contributed by atoms with Gasteiger partial charge in [-0.2, -0.15) is 0 Å². The Hall–Kier alpha value is -3.61. The molecule has 26 heavy (non-hydrogen) atoms. The Labute approximate surface area is 149 Å². The summed E-state index contributed by atoms with van der Waals surface area (Å²) in [6, 6.07) is 13.3. The van der Waals surface area contributed by atoms with Crippen molar-refractivity contribution in [2.24, 2.45) is 0 Å². The Morgan fingerprint density at radius 3 is 2.69 bits per heavy atom. The number of nitrogen functional groups attached to an aromatic ring is 1. The minimum Gasteiger partial charge on any atom is -0.486 e. The monoisotopic (exact) mass is 345 g/mol. The number of benzene rings is 1. The number of fused-ring (bicyclic) bond motifs is 2. The van der Waals surface area contributed by atoms with Crippen LogP contribution in [-0.2, 0) is 0 Å². The third kappa shape index (κ3) is 2.33. The number of hydrogen-bond acceptors (Lipinski definition) is 6. The molecule has 0 fully saturated rings. The minimum absolute atomic E-state index is 0.467. The Bertz CT molecular complexity index is 1100. The molecule has 5 rings (SSSR count). The van der Waals surface area contributed by atoms with E-state index in [1.54, 1.807) is 18.5 Å². The summed E-state index contributed by atoms with van der Waals surface area (Å²) < 4.78 is 13.3. The van der Waals surface area contributed by atoms with Gasteiger partial charge in [-0.3, -0.25) is 4.57 Å². The predicted octanol–water partition coefficient (Wildman–Crippen LogP) is 2.84. The molecule has 4 aromatic rings. The zero-order valence-corrected chi connectivity index (χ0v) is 13.8. The molecule has 1 aliphatic rings. The van der Waals surface area contributed by atoms with Gasteiger partial charge in [-0.25, -0.2) is 15.0 Å². The second-order valence-electron chi connectivity index (χ2n) is 5.92. The molecule has 0 spiro atoms. The lowest BCUT2D eigenvalue weighted by Gasteiger charge is -2.19. The summed E-state index contributed by atoms with van der Waals surface area (Å²) in [5, 5.41) is 0. The quantitative estimate of drug-likeness (QED) is 0.601. The van der Waals surface area contributed by atoms with E-state index in [0.29, 0.717) is 24.8 Å². The molecule has 0 saturated heterocycles. The number of rotatable bonds is 2. The zero-order valence-electron chi connectivity index (χ0n) is 13.8. The van der Waals surface area contributed by atoms with E-state index in [-0.39, 0.29) is 0 Å². The number of nitrogens with two attached hydrogens (primary N) is 1. The minimum atomic E-state index is 0.467. The molecule has 0 saturated carbocycles. The van der Waals surface area contributed by atoms with Crippen LogP contribution in [0.4, 0.5) is 5.82 Å². The highest BCUT2D eigenvalue weighted by molar-refractivity contribution is 5.80. The lowest BCUT2D eigenvalue weighted by atomic mass is 10.2. The summed E-state index contributed by atoms with van der Waals surface area (Å²) in [5.74, 6) is 2.66. The lowest BCUT2D eigenvalue weighted by Crippen LogP contribution is -2.15. The number of pyridine rings is 2. The van der Waals surface area contributed by atoms with Crippen LogP contribution in [0.3, 0.4) is 0 Å². The number of hydrogen-bond donors (Lipinski definition) is 1. The first-order valence-electron chi connectivity index (χ1n) is 8.25. The number of anilines is 1. The van der Waals surface area contributed by atoms with Crippen LogP contribution in [0.2, 0.25) is 0 Å². The van der Waals surface area contributed by atoms with E-state index in [9.17, 15) is 0 Å². The molecule has 7 heteroatoms. The van der Waals surface area contributed by atoms with Gasteiger partial charge in [0.25, 0.3) is 0 Å². The molecule has 2 N–H and O–H groups in total. The Kier molecular flexibility index (Phi) is 3.24. The molecule has 4 heterocycles. The first kappa shape index (κ1) is 14.7. The number of imidazole rings is 1. The first-order chi connectivity index (χ1) is 12.8. The van der Waals surface area contributed by atoms with Crippen molar-refractivity contribution in [3.05, 3.63) is 54.9 Å². The lowest BCUT2D eigenvalue weighted by molar-refractivity contribution is 0.171. The number of aromatic nitrogens is 4. The average molecular weight is 345 g/mol. The maximum absolute atomic E-state index is 5.73. The molecule has 7 nitrogen and oxygen atoms in total. The first-order valence-corrected chi connectivity index (χ1v) is 8.25. The fourth-order valence-electron chi connectivity index (χ4n) is 3.06. The summed E-state index contributed by atoms with van der Waals surface area (Å²) >= 11 is 0. The molecule has 0 radical (unpaired) electrons. The molecule has 3 aromatic heterocycles. The Morgan fingerprint density at radius 2 is 1.85 bits per heavy atom. The van der Waals surface area contributed by atoms with Crippen molar-refractivity contribution in [3.63, 3.8) is 0 Å². The van der Waals surface area contributed by atoms with Crippen molar-refractivity contribution >= 4 is 17.0 Å². The standard InChI is InChI=1S/C19H15N5O2/c20-17-6-3-12(11-22-17)18-23-14-2-1-7-21-19(14)24(18)13-4-5-15-16(10-13)26-9-8-25-15/h1-7,10-11H,8-9H2,(H2,20,22). The molecule has 0 bridgehead atoms. The van der Waals surface area contributed by atoms with Crippen LogP contribution < -0.4 is 15.2 Å². The van der Waals surface area contributed by atoms with Gasteiger partial charge in [-0.05, 0) is 36.4 Å². The largest absolute Gasteiger partial charge is 0.486 e. The summed E-state index contributed by atoms with van der Waals surface area (Å²) in [6.07, 6.45) is 3.47. The van der Waals surface area contributed by atoms with Gasteiger partial charge in [0.05, 0.1) is 5.69 Å². The predicted molar refractivity (Wildman–Crippen MR) is 97.5 cm³/mol. The molecule has 0 amide bonds. The van der Waals surface area contributed by atoms with Crippen LogP contribution >= 0.6 is 0 Å². The third-order valence-electron chi connectivity index (χ3n) is 4.24. The van der Waals surface area contributed by atoms with E-state index in [2.05, 4.69) is 9.97 Å². The normalized spacial score (nSPS) is 13.1. The third-order valence-corrected chi connectivity index (χ3v) is 4.24. The fourth-order valence-corrected chi connectivity index (χ4v) is 3.06. The highest BCUT2D eigenvalue weighted by Crippen LogP contribution is 2.35. The fraction of sp³-hybridized carbons (Fsp3) is 0.105. The molecule has 1 aromatic carbocycles. The van der Waals surface area contributed by atoms with E-state index in [1.807, 2.05) is 41.0 Å². The zero-order chi connectivity index (χ0) is 17.5. The van der Waals surface area contributed by atoms with Gasteiger partial charge in [0.1, 0.15) is 30.4 Å². The molecule has 1 aliphatic heterocycles. The number of ether oxygens (including phenoxy) is 2. The molecule has 128 valence electrons. The molecule has 0 unspecified atom stereocenters. The van der Waals surface area contributed by atoms with Gasteiger partial charge in [0, 0.05) is 24.0 Å². The van der Waals surface area contributed by atoms with Crippen molar-refractivity contribution in [2.75, 3.05) is 18.9 Å². The average Bonchev–Trinajstić information content (AvgIpc) is 3.07. The van der Waals surface area contributed by atoms with Crippen LogP contribution in [0, 0.1) is 0 Å². The van der Waals surface area contributed by atoms with E-state index < -0.39 is 0 Å². The van der Waals surface area contributed by atoms with Crippen molar-refractivity contribution < 1.29 is 9.47 Å². The van der Waals surface area contributed by atoms with Crippen LogP contribution in [0.1, 0.15) is 0 Å². The van der Waals surface area contributed by atoms with Gasteiger partial charge in [-0.15, -0.1) is 0 Å². The van der Waals surface area contributed by atoms with Gasteiger partial charge in [-0.1, -0.05) is 0 Å². The molecule has 0 aliphatic carbocycles. The second-order valence-corrected chi connectivity index (χ2v) is 5.92. The highest BCUT2D eigenvalue weighted by Gasteiger charge is 2.18. The highest BCUT2D eigenvalue weighted by atomic mass is 16.6. The Balaban J connectivity index is 1.76. The van der Waals surface area contributed by atoms with Crippen molar-refractivity contribution in [1.82, 2.24) is 19.5 Å². The van der Waals surface area contributed by atoms with Crippen molar-refractivity contribution in [2.45, 2.75) is 0 Å². The van der Waals surface area contributed by atoms with Crippen molar-refractivity contribution in [3.8, 4) is 28.6 Å². The summed E-state index contributed by atoms with van der Waals surface area (Å²) in [5.41, 5.74) is 9.03. The summed E-state index contributed by atoms with van der Waals surface area (Å²) in [7, 11) is 0. The summed E-state index contributed by atoms with van der Waals surface area (Å²) in [6.45, 7) is 1.10. The summed E-state index contributed by atoms with van der Waals surface area (Å²) in [4.78, 5) is 13.5. The van der Waals surface area contributed by atoms with Crippen LogP contribution in [0.5, 0.6) is 11.5 Å². The molecular formula is C19H15N5O2. The van der Waals surface area contributed by atoms with Gasteiger partial charge in [0.2, 0.25) is 0 Å². The van der Waals surface area contributed by atoms with Gasteiger partial charge < -0.3 is 15.2 Å². The van der Waals surface area contributed by atoms with Gasteiger partial charge in [0.15, 0.2) is 17.1 Å². The van der Waals surface area contributed by atoms with E-state index in [0.717, 1.165) is 34.0 Å². The van der Waals surface area contributed by atoms with Crippen LogP contribution in [-0.4, -0.2) is 32.7 Å². The van der Waals surface area contributed by atoms with Crippen LogP contribution in [0.15, 0.2) is 54.9 Å².